The molecule has 3 aliphatic rings. The third kappa shape index (κ3) is 3.82. The van der Waals surface area contributed by atoms with Crippen LogP contribution in [0.5, 0.6) is 0 Å². The highest BCUT2D eigenvalue weighted by Crippen LogP contribution is 2.44. The van der Waals surface area contributed by atoms with Crippen LogP contribution in [0, 0.1) is 5.92 Å². The van der Waals surface area contributed by atoms with Crippen molar-refractivity contribution in [2.24, 2.45) is 5.92 Å². The first-order valence-electron chi connectivity index (χ1n) is 10.6. The minimum atomic E-state index is -4.54. The van der Waals surface area contributed by atoms with E-state index in [9.17, 15) is 22.8 Å². The lowest BCUT2D eigenvalue weighted by Crippen LogP contribution is -2.57. The Balaban J connectivity index is 1.70. The Hall–Kier alpha value is -2.09. The lowest BCUT2D eigenvalue weighted by molar-refractivity contribution is -0.138. The van der Waals surface area contributed by atoms with Gasteiger partial charge in [-0.1, -0.05) is 19.4 Å². The minimum absolute atomic E-state index is 0.0628. The number of likely N-dealkylation sites (tertiary alicyclic amines) is 1. The standard InChI is InChI=1S/C22H27F3N2O3/c1-15-6-5-9-21(13-15)27(18(14-30-21)20(29)26-10-2-3-11-26)19(28)16-7-4-8-17(12-16)22(23,24)25/h4,7-8,12,15,18H,2-3,5-6,9-11,13-14H2,1H3/t15-,18+,21-/m1/s1. The van der Waals surface area contributed by atoms with Gasteiger partial charge in [-0.2, -0.15) is 13.2 Å². The van der Waals surface area contributed by atoms with Crippen LogP contribution in [0.3, 0.4) is 0 Å². The van der Waals surface area contributed by atoms with Crippen LogP contribution >= 0.6 is 0 Å². The van der Waals surface area contributed by atoms with Gasteiger partial charge in [0.15, 0.2) is 0 Å². The van der Waals surface area contributed by atoms with E-state index >= 15 is 0 Å². The highest BCUT2D eigenvalue weighted by Gasteiger charge is 2.54. The van der Waals surface area contributed by atoms with Crippen LogP contribution < -0.4 is 0 Å². The lowest BCUT2D eigenvalue weighted by Gasteiger charge is -2.43. The molecule has 30 heavy (non-hydrogen) atoms. The fourth-order valence-electron chi connectivity index (χ4n) is 5.11. The van der Waals surface area contributed by atoms with Gasteiger partial charge >= 0.3 is 6.18 Å². The normalized spacial score (nSPS) is 29.6. The molecule has 0 radical (unpaired) electrons. The van der Waals surface area contributed by atoms with Crippen LogP contribution in [-0.4, -0.2) is 53.1 Å². The van der Waals surface area contributed by atoms with Crippen LogP contribution in [0.25, 0.3) is 0 Å². The summed E-state index contributed by atoms with van der Waals surface area (Å²) in [6, 6.07) is 3.64. The van der Waals surface area contributed by atoms with Gasteiger partial charge in [0.05, 0.1) is 12.2 Å². The Bertz CT molecular complexity index is 822. The van der Waals surface area contributed by atoms with E-state index in [-0.39, 0.29) is 18.1 Å². The Morgan fingerprint density at radius 2 is 1.90 bits per heavy atom. The molecule has 1 aromatic rings. The van der Waals surface area contributed by atoms with E-state index in [4.69, 9.17) is 4.74 Å². The van der Waals surface area contributed by atoms with Gasteiger partial charge in [0.2, 0.25) is 5.91 Å². The van der Waals surface area contributed by atoms with Crippen molar-refractivity contribution < 1.29 is 27.5 Å². The van der Waals surface area contributed by atoms with E-state index in [0.717, 1.165) is 37.8 Å². The van der Waals surface area contributed by atoms with Gasteiger partial charge in [0.25, 0.3) is 5.91 Å². The van der Waals surface area contributed by atoms with Crippen molar-refractivity contribution in [3.05, 3.63) is 35.4 Å². The Morgan fingerprint density at radius 3 is 2.57 bits per heavy atom. The maximum absolute atomic E-state index is 13.5. The SMILES string of the molecule is C[C@@H]1CCC[C@]2(C1)OC[C@@H](C(=O)N1CCCC1)N2C(=O)c1cccc(C(F)(F)F)c1. The number of amides is 2. The van der Waals surface area contributed by atoms with Crippen LogP contribution in [0.15, 0.2) is 24.3 Å². The summed E-state index contributed by atoms with van der Waals surface area (Å²) >= 11 is 0. The fourth-order valence-corrected chi connectivity index (χ4v) is 5.11. The summed E-state index contributed by atoms with van der Waals surface area (Å²) in [6.45, 7) is 3.45. The number of hydrogen-bond acceptors (Lipinski definition) is 3. The average Bonchev–Trinajstić information content (AvgIpc) is 3.35. The third-order valence-electron chi connectivity index (χ3n) is 6.55. The van der Waals surface area contributed by atoms with E-state index < -0.39 is 29.4 Å². The topological polar surface area (TPSA) is 49.9 Å². The number of alkyl halides is 3. The molecule has 0 unspecified atom stereocenters. The summed E-state index contributed by atoms with van der Waals surface area (Å²) < 4.78 is 45.8. The number of ether oxygens (including phenoxy) is 1. The molecule has 2 aliphatic heterocycles. The first-order chi connectivity index (χ1) is 14.2. The summed E-state index contributed by atoms with van der Waals surface area (Å²) in [4.78, 5) is 30.0. The van der Waals surface area contributed by atoms with Crippen LogP contribution in [0.2, 0.25) is 0 Å². The molecule has 5 nitrogen and oxygen atoms in total. The molecule has 0 bridgehead atoms. The number of benzene rings is 1. The van der Waals surface area contributed by atoms with Gasteiger partial charge in [-0.3, -0.25) is 14.5 Å². The molecule has 3 atom stereocenters. The molecule has 2 heterocycles. The second-order valence-electron chi connectivity index (χ2n) is 8.76. The molecule has 1 aliphatic carbocycles. The van der Waals surface area contributed by atoms with Crippen molar-refractivity contribution in [3.8, 4) is 0 Å². The number of rotatable bonds is 2. The predicted octanol–water partition coefficient (Wildman–Crippen LogP) is 4.08. The molecule has 2 amide bonds. The van der Waals surface area contributed by atoms with E-state index in [0.29, 0.717) is 31.8 Å². The minimum Gasteiger partial charge on any atom is -0.353 e. The monoisotopic (exact) mass is 424 g/mol. The Labute approximate surface area is 174 Å². The van der Waals surface area contributed by atoms with Crippen molar-refractivity contribution >= 4 is 11.8 Å². The molecule has 1 spiro atoms. The molecule has 164 valence electrons. The summed E-state index contributed by atoms with van der Waals surface area (Å²) in [7, 11) is 0. The van der Waals surface area contributed by atoms with Gasteiger partial charge in [-0.15, -0.1) is 0 Å². The van der Waals surface area contributed by atoms with Gasteiger partial charge in [-0.25, -0.2) is 0 Å². The molecule has 1 aromatic carbocycles. The first kappa shape index (κ1) is 21.2. The van der Waals surface area contributed by atoms with Gasteiger partial charge in [0.1, 0.15) is 11.8 Å². The number of halogens is 3. The van der Waals surface area contributed by atoms with Crippen LogP contribution in [-0.2, 0) is 15.7 Å². The summed E-state index contributed by atoms with van der Waals surface area (Å²) in [5.41, 5.74) is -1.86. The van der Waals surface area contributed by atoms with Gasteiger partial charge < -0.3 is 9.64 Å². The van der Waals surface area contributed by atoms with Crippen LogP contribution in [0.1, 0.15) is 61.4 Å². The van der Waals surface area contributed by atoms with Crippen molar-refractivity contribution in [3.63, 3.8) is 0 Å². The first-order valence-corrected chi connectivity index (χ1v) is 10.6. The smallest absolute Gasteiger partial charge is 0.353 e. The average molecular weight is 424 g/mol. The van der Waals surface area contributed by atoms with Crippen molar-refractivity contribution in [2.75, 3.05) is 19.7 Å². The number of nitrogens with zero attached hydrogens (tertiary/aromatic N) is 2. The Morgan fingerprint density at radius 1 is 1.17 bits per heavy atom. The second-order valence-corrected chi connectivity index (χ2v) is 8.76. The van der Waals surface area contributed by atoms with Crippen LogP contribution in [0.4, 0.5) is 13.2 Å². The van der Waals surface area contributed by atoms with E-state index in [2.05, 4.69) is 6.92 Å². The number of hydrogen-bond donors (Lipinski definition) is 0. The molecule has 2 saturated heterocycles. The van der Waals surface area contributed by atoms with E-state index in [1.165, 1.54) is 17.0 Å². The summed E-state index contributed by atoms with van der Waals surface area (Å²) in [6.07, 6.45) is 0.318. The molecule has 3 fully saturated rings. The molecule has 0 N–H and O–H groups in total. The zero-order valence-corrected chi connectivity index (χ0v) is 17.1. The molecular formula is C22H27F3N2O3. The maximum Gasteiger partial charge on any atom is 0.416 e. The van der Waals surface area contributed by atoms with Gasteiger partial charge in [0, 0.05) is 18.7 Å². The number of carbonyl (C=O) groups excluding carboxylic acids is 2. The Kier molecular flexibility index (Phi) is 5.55. The summed E-state index contributed by atoms with van der Waals surface area (Å²) in [5.74, 6) is -0.427. The van der Waals surface area contributed by atoms with E-state index in [1.807, 2.05) is 0 Å². The van der Waals surface area contributed by atoms with Crippen molar-refractivity contribution in [1.82, 2.24) is 9.80 Å². The fraction of sp³-hybridized carbons (Fsp3) is 0.636. The van der Waals surface area contributed by atoms with Crippen molar-refractivity contribution in [2.45, 2.75) is 63.4 Å². The largest absolute Gasteiger partial charge is 0.416 e. The maximum atomic E-state index is 13.5. The van der Waals surface area contributed by atoms with Gasteiger partial charge in [-0.05, 0) is 56.2 Å². The highest BCUT2D eigenvalue weighted by molar-refractivity contribution is 5.98. The molecule has 1 saturated carbocycles. The highest BCUT2D eigenvalue weighted by atomic mass is 19.4. The second kappa shape index (κ2) is 7.87. The molecule has 0 aromatic heterocycles. The molecule has 4 rings (SSSR count). The molecule has 8 heteroatoms. The summed E-state index contributed by atoms with van der Waals surface area (Å²) in [5, 5.41) is 0. The molecular weight excluding hydrogens is 397 g/mol. The lowest BCUT2D eigenvalue weighted by atomic mass is 9.83. The van der Waals surface area contributed by atoms with Crippen molar-refractivity contribution in [1.29, 1.82) is 0 Å². The third-order valence-corrected chi connectivity index (χ3v) is 6.55. The number of carbonyl (C=O) groups is 2. The van der Waals surface area contributed by atoms with E-state index in [1.54, 1.807) is 4.90 Å². The quantitative estimate of drug-likeness (QED) is 0.719. The zero-order chi connectivity index (χ0) is 21.5. The predicted molar refractivity (Wildman–Crippen MR) is 104 cm³/mol. The zero-order valence-electron chi connectivity index (χ0n) is 17.1.